The number of urea groups is 1. The van der Waals surface area contributed by atoms with E-state index in [9.17, 15) is 17.6 Å². The summed E-state index contributed by atoms with van der Waals surface area (Å²) >= 11 is 0. The molecule has 2 rings (SSSR count). The van der Waals surface area contributed by atoms with E-state index in [0.717, 1.165) is 12.8 Å². The van der Waals surface area contributed by atoms with Gasteiger partial charge in [-0.15, -0.1) is 0 Å². The second kappa shape index (κ2) is 8.14. The number of unbranched alkanes of at least 4 members (excludes halogenated alkanes) is 1. The van der Waals surface area contributed by atoms with Crippen LogP contribution in [0, 0.1) is 5.82 Å². The Hall–Kier alpha value is -1.83. The van der Waals surface area contributed by atoms with Crippen LogP contribution < -0.4 is 15.4 Å². The lowest BCUT2D eigenvalue weighted by atomic mass is 10.3. The van der Waals surface area contributed by atoms with Crippen LogP contribution in [0.5, 0.6) is 5.75 Å². The van der Waals surface area contributed by atoms with Gasteiger partial charge in [-0.1, -0.05) is 0 Å². The first-order valence-corrected chi connectivity index (χ1v) is 9.40. The van der Waals surface area contributed by atoms with Gasteiger partial charge >= 0.3 is 6.03 Å². The molecular formula is C15H21FN2O4S. The van der Waals surface area contributed by atoms with Crippen LogP contribution in [0.3, 0.4) is 0 Å². The van der Waals surface area contributed by atoms with Crippen LogP contribution in [0.4, 0.5) is 9.18 Å². The average Bonchev–Trinajstić information content (AvgIpc) is 2.83. The number of rotatable bonds is 7. The molecule has 0 aliphatic carbocycles. The van der Waals surface area contributed by atoms with Crippen LogP contribution in [0.1, 0.15) is 19.3 Å². The van der Waals surface area contributed by atoms with E-state index in [0.29, 0.717) is 25.3 Å². The molecule has 0 aromatic heterocycles. The van der Waals surface area contributed by atoms with E-state index in [2.05, 4.69) is 10.6 Å². The van der Waals surface area contributed by atoms with Gasteiger partial charge in [-0.3, -0.25) is 0 Å². The normalized spacial score (nSPS) is 19.3. The summed E-state index contributed by atoms with van der Waals surface area (Å²) in [5.74, 6) is 0.465. The molecule has 1 aliphatic heterocycles. The first-order valence-electron chi connectivity index (χ1n) is 7.58. The Labute approximate surface area is 135 Å². The van der Waals surface area contributed by atoms with Crippen molar-refractivity contribution in [1.82, 2.24) is 10.6 Å². The molecule has 6 nitrogen and oxygen atoms in total. The highest BCUT2D eigenvalue weighted by Crippen LogP contribution is 2.12. The zero-order chi connectivity index (χ0) is 16.7. The fraction of sp³-hybridized carbons (Fsp3) is 0.533. The van der Waals surface area contributed by atoms with E-state index < -0.39 is 9.84 Å². The molecule has 2 amide bonds. The number of sulfone groups is 1. The van der Waals surface area contributed by atoms with E-state index in [1.807, 2.05) is 0 Å². The second-order valence-electron chi connectivity index (χ2n) is 5.51. The Kier molecular flexibility index (Phi) is 6.20. The first-order chi connectivity index (χ1) is 10.9. The summed E-state index contributed by atoms with van der Waals surface area (Å²) < 4.78 is 40.7. The molecule has 1 atom stereocenters. The van der Waals surface area contributed by atoms with Gasteiger partial charge in [-0.05, 0) is 43.5 Å². The molecule has 0 saturated carbocycles. The largest absolute Gasteiger partial charge is 0.494 e. The van der Waals surface area contributed by atoms with Crippen molar-refractivity contribution >= 4 is 15.9 Å². The molecule has 1 heterocycles. The standard InChI is InChI=1S/C15H21FN2O4S/c16-12-3-5-14(6-4-12)22-9-2-1-8-17-15(19)18-13-7-10-23(20,21)11-13/h3-6,13H,1-2,7-11H2,(H2,17,18,19)/t13-/m0/s1. The molecule has 128 valence electrons. The molecule has 1 aromatic carbocycles. The van der Waals surface area contributed by atoms with Crippen LogP contribution in [0.15, 0.2) is 24.3 Å². The number of nitrogens with one attached hydrogen (secondary N) is 2. The Balaban J connectivity index is 1.52. The van der Waals surface area contributed by atoms with Gasteiger partial charge in [0.2, 0.25) is 0 Å². The van der Waals surface area contributed by atoms with Gasteiger partial charge in [0.1, 0.15) is 11.6 Å². The molecule has 1 saturated heterocycles. The molecule has 2 N–H and O–H groups in total. The van der Waals surface area contributed by atoms with Crippen LogP contribution in [-0.4, -0.2) is 45.1 Å². The molecule has 0 unspecified atom stereocenters. The smallest absolute Gasteiger partial charge is 0.315 e. The molecule has 23 heavy (non-hydrogen) atoms. The number of ether oxygens (including phenoxy) is 1. The number of carbonyl (C=O) groups excluding carboxylic acids is 1. The van der Waals surface area contributed by atoms with E-state index in [4.69, 9.17) is 4.74 Å². The monoisotopic (exact) mass is 344 g/mol. The minimum Gasteiger partial charge on any atom is -0.494 e. The predicted octanol–water partition coefficient (Wildman–Crippen LogP) is 1.47. The molecule has 0 radical (unpaired) electrons. The van der Waals surface area contributed by atoms with Gasteiger partial charge < -0.3 is 15.4 Å². The van der Waals surface area contributed by atoms with Crippen LogP contribution >= 0.6 is 0 Å². The van der Waals surface area contributed by atoms with Crippen molar-refractivity contribution in [2.75, 3.05) is 24.7 Å². The highest BCUT2D eigenvalue weighted by molar-refractivity contribution is 7.91. The van der Waals surface area contributed by atoms with E-state index in [-0.39, 0.29) is 29.4 Å². The van der Waals surface area contributed by atoms with Crippen LogP contribution in [0.25, 0.3) is 0 Å². The van der Waals surface area contributed by atoms with Gasteiger partial charge in [-0.2, -0.15) is 0 Å². The van der Waals surface area contributed by atoms with Crippen molar-refractivity contribution in [2.45, 2.75) is 25.3 Å². The minimum absolute atomic E-state index is 0.0198. The van der Waals surface area contributed by atoms with Gasteiger partial charge in [-0.25, -0.2) is 17.6 Å². The minimum atomic E-state index is -2.99. The topological polar surface area (TPSA) is 84.5 Å². The zero-order valence-corrected chi connectivity index (χ0v) is 13.6. The number of carbonyl (C=O) groups is 1. The maximum absolute atomic E-state index is 12.7. The van der Waals surface area contributed by atoms with Crippen molar-refractivity contribution in [3.05, 3.63) is 30.1 Å². The van der Waals surface area contributed by atoms with E-state index in [1.165, 1.54) is 12.1 Å². The summed E-state index contributed by atoms with van der Waals surface area (Å²) in [6.07, 6.45) is 1.95. The lowest BCUT2D eigenvalue weighted by molar-refractivity contribution is 0.237. The summed E-state index contributed by atoms with van der Waals surface area (Å²) in [5, 5.41) is 5.35. The molecule has 0 bridgehead atoms. The van der Waals surface area contributed by atoms with Gasteiger partial charge in [0, 0.05) is 12.6 Å². The summed E-state index contributed by atoms with van der Waals surface area (Å²) in [6.45, 7) is 0.966. The van der Waals surface area contributed by atoms with Crippen molar-refractivity contribution < 1.29 is 22.3 Å². The third-order valence-electron chi connectivity index (χ3n) is 3.51. The molecule has 1 aliphatic rings. The third-order valence-corrected chi connectivity index (χ3v) is 5.27. The SMILES string of the molecule is O=C(NCCCCOc1ccc(F)cc1)N[C@H]1CCS(=O)(=O)C1. The van der Waals surface area contributed by atoms with Crippen LogP contribution in [-0.2, 0) is 9.84 Å². The van der Waals surface area contributed by atoms with Crippen molar-refractivity contribution in [1.29, 1.82) is 0 Å². The second-order valence-corrected chi connectivity index (χ2v) is 7.74. The van der Waals surface area contributed by atoms with Gasteiger partial charge in [0.05, 0.1) is 18.1 Å². The lowest BCUT2D eigenvalue weighted by Crippen LogP contribution is -2.42. The van der Waals surface area contributed by atoms with Crippen molar-refractivity contribution in [2.24, 2.45) is 0 Å². The highest BCUT2D eigenvalue weighted by atomic mass is 32.2. The molecule has 1 fully saturated rings. The molecule has 1 aromatic rings. The fourth-order valence-corrected chi connectivity index (χ4v) is 3.97. The Morgan fingerprint density at radius 2 is 2.00 bits per heavy atom. The third kappa shape index (κ3) is 6.43. The quantitative estimate of drug-likeness (QED) is 0.734. The van der Waals surface area contributed by atoms with Crippen LogP contribution in [0.2, 0.25) is 0 Å². The zero-order valence-electron chi connectivity index (χ0n) is 12.8. The summed E-state index contributed by atoms with van der Waals surface area (Å²) in [5.41, 5.74) is 0. The summed E-state index contributed by atoms with van der Waals surface area (Å²) in [4.78, 5) is 11.6. The average molecular weight is 344 g/mol. The van der Waals surface area contributed by atoms with E-state index >= 15 is 0 Å². The van der Waals surface area contributed by atoms with Crippen molar-refractivity contribution in [3.8, 4) is 5.75 Å². The van der Waals surface area contributed by atoms with E-state index in [1.54, 1.807) is 12.1 Å². The summed E-state index contributed by atoms with van der Waals surface area (Å²) in [6, 6.07) is 5.18. The maximum atomic E-state index is 12.7. The Bertz CT molecular complexity index is 619. The fourth-order valence-electron chi connectivity index (χ4n) is 2.30. The first kappa shape index (κ1) is 17.5. The molecular weight excluding hydrogens is 323 g/mol. The number of benzene rings is 1. The molecule has 8 heteroatoms. The van der Waals surface area contributed by atoms with Crippen molar-refractivity contribution in [3.63, 3.8) is 0 Å². The lowest BCUT2D eigenvalue weighted by Gasteiger charge is -2.12. The predicted molar refractivity (Wildman–Crippen MR) is 84.7 cm³/mol. The number of hydrogen-bond acceptors (Lipinski definition) is 4. The van der Waals surface area contributed by atoms with Gasteiger partial charge in [0.15, 0.2) is 9.84 Å². The number of amides is 2. The van der Waals surface area contributed by atoms with Gasteiger partial charge in [0.25, 0.3) is 0 Å². The maximum Gasteiger partial charge on any atom is 0.315 e. The Morgan fingerprint density at radius 3 is 2.65 bits per heavy atom. The summed E-state index contributed by atoms with van der Waals surface area (Å²) in [7, 11) is -2.99. The number of halogens is 1. The highest BCUT2D eigenvalue weighted by Gasteiger charge is 2.28. The Morgan fingerprint density at radius 1 is 1.26 bits per heavy atom. The number of hydrogen-bond donors (Lipinski definition) is 2. The molecule has 0 spiro atoms.